The van der Waals surface area contributed by atoms with Crippen molar-refractivity contribution in [3.8, 4) is 0 Å². The average molecular weight is 511 g/mol. The molecule has 0 spiro atoms. The number of nitrogens with one attached hydrogen (secondary N) is 2. The Morgan fingerprint density at radius 2 is 1.31 bits per heavy atom. The van der Waals surface area contributed by atoms with Gasteiger partial charge in [-0.3, -0.25) is 9.59 Å². The first kappa shape index (κ1) is 23.8. The van der Waals surface area contributed by atoms with Crippen LogP contribution in [0.4, 0.5) is 0 Å². The fourth-order valence-electron chi connectivity index (χ4n) is 5.23. The first-order valence-electron chi connectivity index (χ1n) is 11.9. The summed E-state index contributed by atoms with van der Waals surface area (Å²) in [6.07, 6.45) is 0.974. The molecular weight excluding hydrogens is 483 g/mol. The topological polar surface area (TPSA) is 68.1 Å². The van der Waals surface area contributed by atoms with Crippen LogP contribution in [-0.4, -0.2) is 34.0 Å². The van der Waals surface area contributed by atoms with E-state index < -0.39 is 0 Å². The van der Waals surface area contributed by atoms with Crippen LogP contribution >= 0.6 is 23.2 Å². The fourth-order valence-corrected chi connectivity index (χ4v) is 5.76. The monoisotopic (exact) mass is 510 g/mol. The Balaban J connectivity index is 0.000000147. The second kappa shape index (κ2) is 9.25. The summed E-state index contributed by atoms with van der Waals surface area (Å²) in [6.45, 7) is 9.45. The molecule has 0 saturated heterocycles. The summed E-state index contributed by atoms with van der Waals surface area (Å²) in [5, 5.41) is 9.28. The van der Waals surface area contributed by atoms with Crippen molar-refractivity contribution in [2.45, 2.75) is 40.3 Å². The van der Waals surface area contributed by atoms with E-state index in [1.807, 2.05) is 43.3 Å². The van der Waals surface area contributed by atoms with E-state index in [1.54, 1.807) is 0 Å². The van der Waals surface area contributed by atoms with Crippen LogP contribution in [-0.2, 0) is 19.5 Å². The molecule has 0 radical (unpaired) electrons. The van der Waals surface area contributed by atoms with Gasteiger partial charge in [-0.2, -0.15) is 0 Å². The molecule has 0 fully saturated rings. The summed E-state index contributed by atoms with van der Waals surface area (Å²) < 4.78 is 4.20. The van der Waals surface area contributed by atoms with Crippen LogP contribution in [0.25, 0.3) is 21.8 Å². The number of amides is 2. The van der Waals surface area contributed by atoms with Crippen LogP contribution < -0.4 is 10.6 Å². The highest BCUT2D eigenvalue weighted by atomic mass is 35.5. The van der Waals surface area contributed by atoms with Crippen molar-refractivity contribution >= 4 is 56.8 Å². The molecule has 0 bridgehead atoms. The number of carbonyl (C=O) groups excluding carboxylic acids is 2. The molecule has 2 amide bonds. The highest BCUT2D eigenvalue weighted by molar-refractivity contribution is 6.32. The Labute approximate surface area is 214 Å². The average Bonchev–Trinajstić information content (AvgIpc) is 3.34. The van der Waals surface area contributed by atoms with Crippen LogP contribution in [0.2, 0.25) is 10.0 Å². The van der Waals surface area contributed by atoms with Crippen LogP contribution in [0.3, 0.4) is 0 Å². The summed E-state index contributed by atoms with van der Waals surface area (Å²) >= 11 is 12.2. The lowest BCUT2D eigenvalue weighted by Crippen LogP contribution is -2.35. The van der Waals surface area contributed by atoms with Gasteiger partial charge in [0.15, 0.2) is 0 Å². The maximum absolute atomic E-state index is 11.9. The second-order valence-electron chi connectivity index (χ2n) is 9.64. The number of carbonyl (C=O) groups is 2. The summed E-state index contributed by atoms with van der Waals surface area (Å²) in [4.78, 5) is 23.6. The highest BCUT2D eigenvalue weighted by Crippen LogP contribution is 2.30. The fraction of sp³-hybridized carbons (Fsp3) is 0.333. The molecule has 182 valence electrons. The van der Waals surface area contributed by atoms with Crippen molar-refractivity contribution in [3.05, 3.63) is 69.0 Å². The lowest BCUT2D eigenvalue weighted by atomic mass is 10.0. The smallest absolute Gasteiger partial charge is 0.268 e. The largest absolute Gasteiger partial charge is 0.349 e. The van der Waals surface area contributed by atoms with Crippen molar-refractivity contribution in [2.75, 3.05) is 13.1 Å². The zero-order chi connectivity index (χ0) is 24.9. The zero-order valence-corrected chi connectivity index (χ0v) is 21.6. The molecule has 35 heavy (non-hydrogen) atoms. The number of aryl methyl sites for hydroxylation is 1. The molecule has 6 nitrogen and oxygen atoms in total. The summed E-state index contributed by atoms with van der Waals surface area (Å²) in [5.41, 5.74) is 6.11. The maximum atomic E-state index is 11.9. The van der Waals surface area contributed by atoms with E-state index in [0.29, 0.717) is 24.0 Å². The van der Waals surface area contributed by atoms with Gasteiger partial charge in [0.2, 0.25) is 0 Å². The predicted molar refractivity (Wildman–Crippen MR) is 142 cm³/mol. The van der Waals surface area contributed by atoms with E-state index >= 15 is 0 Å². The standard InChI is InChI=1S/C15H17ClN2O.C12H11ClN2O/c1-9(2)5-10-6-12(16)7-11-8-13-15(19)17-3-4-18(13)14(10)11;1-7-4-9(13)5-8-6-10-12(16)14-2-3-15(10)11(7)8/h6-9H,3-5H2,1-2H3,(H,17,19);4-6H,2-3H2,1H3,(H,14,16). The number of fused-ring (bicyclic) bond motifs is 6. The van der Waals surface area contributed by atoms with Crippen molar-refractivity contribution in [1.82, 2.24) is 19.8 Å². The minimum Gasteiger partial charge on any atom is -0.349 e. The van der Waals surface area contributed by atoms with Crippen LogP contribution in [0.1, 0.15) is 46.0 Å². The lowest BCUT2D eigenvalue weighted by Gasteiger charge is -2.18. The number of rotatable bonds is 2. The van der Waals surface area contributed by atoms with Gasteiger partial charge in [0.1, 0.15) is 11.4 Å². The SMILES string of the molecule is CC(C)Cc1cc(Cl)cc2cc3n(c12)CCNC3=O.Cc1cc(Cl)cc2cc3n(c12)CCNC3=O. The molecule has 4 aromatic rings. The van der Waals surface area contributed by atoms with Crippen LogP contribution in [0.15, 0.2) is 36.4 Å². The van der Waals surface area contributed by atoms with Crippen molar-refractivity contribution < 1.29 is 9.59 Å². The first-order chi connectivity index (χ1) is 16.7. The lowest BCUT2D eigenvalue weighted by molar-refractivity contribution is 0.0921. The van der Waals surface area contributed by atoms with Gasteiger partial charge in [-0.1, -0.05) is 37.0 Å². The molecule has 4 heterocycles. The molecular formula is C27H28Cl2N4O2. The third-order valence-electron chi connectivity index (χ3n) is 6.52. The quantitative estimate of drug-likeness (QED) is 0.369. The Bertz CT molecular complexity index is 1480. The molecule has 2 aromatic carbocycles. The van der Waals surface area contributed by atoms with Gasteiger partial charge in [0.05, 0.1) is 11.0 Å². The molecule has 2 N–H and O–H groups in total. The van der Waals surface area contributed by atoms with Gasteiger partial charge in [-0.25, -0.2) is 0 Å². The number of hydrogen-bond acceptors (Lipinski definition) is 2. The van der Waals surface area contributed by atoms with E-state index in [4.69, 9.17) is 23.2 Å². The maximum Gasteiger partial charge on any atom is 0.268 e. The molecule has 0 atom stereocenters. The summed E-state index contributed by atoms with van der Waals surface area (Å²) in [5.74, 6) is 0.567. The molecule has 0 saturated carbocycles. The summed E-state index contributed by atoms with van der Waals surface area (Å²) in [6, 6.07) is 11.7. The normalized spacial score (nSPS) is 14.9. The molecule has 2 aromatic heterocycles. The van der Waals surface area contributed by atoms with Crippen LogP contribution in [0, 0.1) is 12.8 Å². The van der Waals surface area contributed by atoms with Crippen molar-refractivity contribution in [3.63, 3.8) is 0 Å². The van der Waals surface area contributed by atoms with E-state index in [9.17, 15) is 9.59 Å². The molecule has 2 aliphatic rings. The first-order valence-corrected chi connectivity index (χ1v) is 12.7. The molecule has 8 heteroatoms. The third kappa shape index (κ3) is 4.41. The van der Waals surface area contributed by atoms with Gasteiger partial charge < -0.3 is 19.8 Å². The highest BCUT2D eigenvalue weighted by Gasteiger charge is 2.22. The Morgan fingerprint density at radius 1 is 0.800 bits per heavy atom. The molecule has 0 aliphatic carbocycles. The van der Waals surface area contributed by atoms with E-state index in [1.165, 1.54) is 11.1 Å². The summed E-state index contributed by atoms with van der Waals surface area (Å²) in [7, 11) is 0. The second-order valence-corrected chi connectivity index (χ2v) is 10.5. The van der Waals surface area contributed by atoms with Crippen molar-refractivity contribution in [2.24, 2.45) is 5.92 Å². The predicted octanol–water partition coefficient (Wildman–Crippen LogP) is 5.58. The Hall–Kier alpha value is -2.96. The van der Waals surface area contributed by atoms with Gasteiger partial charge >= 0.3 is 0 Å². The number of halogens is 2. The van der Waals surface area contributed by atoms with E-state index in [2.05, 4.69) is 33.6 Å². The Morgan fingerprint density at radius 3 is 1.89 bits per heavy atom. The zero-order valence-electron chi connectivity index (χ0n) is 20.0. The number of aromatic nitrogens is 2. The Kier molecular flexibility index (Phi) is 6.28. The third-order valence-corrected chi connectivity index (χ3v) is 6.96. The van der Waals surface area contributed by atoms with Gasteiger partial charge in [0.25, 0.3) is 11.8 Å². The van der Waals surface area contributed by atoms with Gasteiger partial charge in [-0.05, 0) is 66.8 Å². The number of nitrogens with zero attached hydrogens (tertiary/aromatic N) is 2. The minimum atomic E-state index is -0.00188. The van der Waals surface area contributed by atoms with Crippen molar-refractivity contribution in [1.29, 1.82) is 0 Å². The molecule has 6 rings (SSSR count). The van der Waals surface area contributed by atoms with Gasteiger partial charge in [-0.15, -0.1) is 0 Å². The number of benzene rings is 2. The van der Waals surface area contributed by atoms with Gasteiger partial charge in [0, 0.05) is 47.0 Å². The molecule has 0 unspecified atom stereocenters. The van der Waals surface area contributed by atoms with E-state index in [-0.39, 0.29) is 11.8 Å². The van der Waals surface area contributed by atoms with Crippen LogP contribution in [0.5, 0.6) is 0 Å². The number of hydrogen-bond donors (Lipinski definition) is 2. The minimum absolute atomic E-state index is 0.00188. The van der Waals surface area contributed by atoms with E-state index in [0.717, 1.165) is 57.8 Å². The molecule has 2 aliphatic heterocycles.